The maximum absolute atomic E-state index is 13.0. The standard InChI is InChI=1S/C22H17Cl2F3N2O3S2/c1-13(33-17-7-2-14(23)3-8-17)21(30)28-15-4-9-18(10-5-15)34(31,32)29-16-6-11-20(24)19(12-16)22(25,26)27/h2-13,29H,1H3,(H,28,30)/t13-/m0/s1. The van der Waals surface area contributed by atoms with E-state index in [1.807, 2.05) is 0 Å². The topological polar surface area (TPSA) is 75.3 Å². The quantitative estimate of drug-likeness (QED) is 0.314. The van der Waals surface area contributed by atoms with Crippen LogP contribution in [0.2, 0.25) is 10.0 Å². The Bertz CT molecular complexity index is 1280. The van der Waals surface area contributed by atoms with Crippen molar-refractivity contribution in [3.8, 4) is 0 Å². The zero-order valence-corrected chi connectivity index (χ0v) is 20.5. The number of alkyl halides is 3. The molecule has 1 atom stereocenters. The van der Waals surface area contributed by atoms with Crippen LogP contribution in [0.15, 0.2) is 76.5 Å². The molecule has 180 valence electrons. The van der Waals surface area contributed by atoms with Gasteiger partial charge in [0.1, 0.15) is 0 Å². The molecule has 0 heterocycles. The Morgan fingerprint density at radius 2 is 1.53 bits per heavy atom. The average molecular weight is 549 g/mol. The van der Waals surface area contributed by atoms with Gasteiger partial charge in [-0.25, -0.2) is 8.42 Å². The maximum Gasteiger partial charge on any atom is 0.417 e. The first-order chi connectivity index (χ1) is 15.8. The van der Waals surface area contributed by atoms with E-state index in [1.165, 1.54) is 36.0 Å². The highest BCUT2D eigenvalue weighted by atomic mass is 35.5. The highest BCUT2D eigenvalue weighted by molar-refractivity contribution is 8.00. The van der Waals surface area contributed by atoms with Crippen molar-refractivity contribution >= 4 is 62.3 Å². The number of hydrogen-bond acceptors (Lipinski definition) is 4. The summed E-state index contributed by atoms with van der Waals surface area (Å²) in [5, 5.41) is 2.29. The fourth-order valence-corrected chi connectivity index (χ4v) is 5.02. The van der Waals surface area contributed by atoms with Gasteiger partial charge in [-0.1, -0.05) is 23.2 Å². The van der Waals surface area contributed by atoms with E-state index in [-0.39, 0.29) is 16.5 Å². The van der Waals surface area contributed by atoms with Gasteiger partial charge in [0.25, 0.3) is 10.0 Å². The van der Waals surface area contributed by atoms with Gasteiger partial charge in [0.2, 0.25) is 5.91 Å². The summed E-state index contributed by atoms with van der Waals surface area (Å²) in [6, 6.07) is 15.0. The number of hydrogen-bond donors (Lipinski definition) is 2. The van der Waals surface area contributed by atoms with Gasteiger partial charge in [0, 0.05) is 21.3 Å². The van der Waals surface area contributed by atoms with Crippen molar-refractivity contribution < 1.29 is 26.4 Å². The van der Waals surface area contributed by atoms with Crippen molar-refractivity contribution in [2.75, 3.05) is 10.0 Å². The minimum absolute atomic E-state index is 0.197. The van der Waals surface area contributed by atoms with E-state index in [1.54, 1.807) is 31.2 Å². The number of benzene rings is 3. The Kier molecular flexibility index (Phi) is 8.07. The van der Waals surface area contributed by atoms with Crippen molar-refractivity contribution in [1.82, 2.24) is 0 Å². The second kappa shape index (κ2) is 10.5. The van der Waals surface area contributed by atoms with Crippen molar-refractivity contribution in [1.29, 1.82) is 0 Å². The van der Waals surface area contributed by atoms with Gasteiger partial charge in [0.05, 0.1) is 20.7 Å². The van der Waals surface area contributed by atoms with Gasteiger partial charge in [-0.05, 0) is 73.7 Å². The number of carbonyl (C=O) groups excluding carboxylic acids is 1. The molecular weight excluding hydrogens is 532 g/mol. The Morgan fingerprint density at radius 3 is 2.12 bits per heavy atom. The third-order valence-electron chi connectivity index (χ3n) is 4.45. The normalized spacial score (nSPS) is 12.8. The van der Waals surface area contributed by atoms with Crippen molar-refractivity contribution in [3.05, 3.63) is 82.3 Å². The molecule has 0 bridgehead atoms. The molecule has 2 N–H and O–H groups in total. The first kappa shape index (κ1) is 26.2. The van der Waals surface area contributed by atoms with E-state index in [0.29, 0.717) is 16.8 Å². The number of thioether (sulfide) groups is 1. The average Bonchev–Trinajstić information content (AvgIpc) is 2.76. The zero-order valence-electron chi connectivity index (χ0n) is 17.4. The fraction of sp³-hybridized carbons (Fsp3) is 0.136. The molecule has 12 heteroatoms. The first-order valence-electron chi connectivity index (χ1n) is 9.58. The molecule has 0 aromatic heterocycles. The Labute approximate surface area is 208 Å². The van der Waals surface area contributed by atoms with E-state index in [9.17, 15) is 26.4 Å². The van der Waals surface area contributed by atoms with Crippen LogP contribution in [0.1, 0.15) is 12.5 Å². The minimum Gasteiger partial charge on any atom is -0.325 e. The molecule has 3 rings (SSSR count). The van der Waals surface area contributed by atoms with E-state index in [0.717, 1.165) is 17.0 Å². The van der Waals surface area contributed by atoms with Crippen LogP contribution in [0.4, 0.5) is 24.5 Å². The smallest absolute Gasteiger partial charge is 0.325 e. The molecule has 5 nitrogen and oxygen atoms in total. The van der Waals surface area contributed by atoms with Crippen LogP contribution >= 0.6 is 35.0 Å². The SMILES string of the molecule is C[C@H](Sc1ccc(Cl)cc1)C(=O)Nc1ccc(S(=O)(=O)Nc2ccc(Cl)c(C(F)(F)F)c2)cc1. The Hall–Kier alpha value is -2.40. The lowest BCUT2D eigenvalue weighted by molar-refractivity contribution is -0.137. The number of nitrogens with one attached hydrogen (secondary N) is 2. The first-order valence-corrected chi connectivity index (χ1v) is 12.7. The lowest BCUT2D eigenvalue weighted by Crippen LogP contribution is -2.22. The molecule has 0 radical (unpaired) electrons. The summed E-state index contributed by atoms with van der Waals surface area (Å²) in [6.45, 7) is 1.72. The van der Waals surface area contributed by atoms with E-state index in [2.05, 4.69) is 10.0 Å². The van der Waals surface area contributed by atoms with E-state index >= 15 is 0 Å². The molecule has 0 aliphatic rings. The number of anilines is 2. The molecule has 0 unspecified atom stereocenters. The highest BCUT2D eigenvalue weighted by Gasteiger charge is 2.33. The van der Waals surface area contributed by atoms with Crippen LogP contribution in [0.3, 0.4) is 0 Å². The minimum atomic E-state index is -4.73. The highest BCUT2D eigenvalue weighted by Crippen LogP contribution is 2.36. The molecule has 0 spiro atoms. The van der Waals surface area contributed by atoms with Gasteiger partial charge in [-0.2, -0.15) is 13.2 Å². The second-order valence-electron chi connectivity index (χ2n) is 7.03. The summed E-state index contributed by atoms with van der Waals surface area (Å²) in [7, 11) is -4.18. The van der Waals surface area contributed by atoms with Crippen molar-refractivity contribution in [2.24, 2.45) is 0 Å². The van der Waals surface area contributed by atoms with Crippen LogP contribution in [0.5, 0.6) is 0 Å². The van der Waals surface area contributed by atoms with Crippen LogP contribution < -0.4 is 10.0 Å². The third kappa shape index (κ3) is 6.82. The zero-order chi connectivity index (χ0) is 25.1. The molecule has 0 aliphatic carbocycles. The van der Waals surface area contributed by atoms with Gasteiger partial charge < -0.3 is 5.32 Å². The van der Waals surface area contributed by atoms with Gasteiger partial charge in [0.15, 0.2) is 0 Å². The molecule has 1 amide bonds. The number of amides is 1. The lowest BCUT2D eigenvalue weighted by Gasteiger charge is -2.14. The van der Waals surface area contributed by atoms with E-state index < -0.39 is 32.0 Å². The lowest BCUT2D eigenvalue weighted by atomic mass is 10.2. The van der Waals surface area contributed by atoms with Crippen molar-refractivity contribution in [2.45, 2.75) is 28.1 Å². The van der Waals surface area contributed by atoms with Gasteiger partial charge in [-0.3, -0.25) is 9.52 Å². The number of rotatable bonds is 7. The molecular formula is C22H17Cl2F3N2O3S2. The van der Waals surface area contributed by atoms with Gasteiger partial charge >= 0.3 is 6.18 Å². The predicted octanol–water partition coefficient (Wildman–Crippen LogP) is 6.93. The monoisotopic (exact) mass is 548 g/mol. The number of sulfonamides is 1. The summed E-state index contributed by atoms with van der Waals surface area (Å²) in [4.78, 5) is 13.1. The molecule has 0 saturated carbocycles. The summed E-state index contributed by atoms with van der Waals surface area (Å²) in [5.74, 6) is -0.297. The van der Waals surface area contributed by atoms with Crippen LogP contribution in [0, 0.1) is 0 Å². The molecule has 34 heavy (non-hydrogen) atoms. The molecule has 0 saturated heterocycles. The van der Waals surface area contributed by atoms with Gasteiger partial charge in [-0.15, -0.1) is 11.8 Å². The largest absolute Gasteiger partial charge is 0.417 e. The third-order valence-corrected chi connectivity index (χ3v) is 7.54. The molecule has 3 aromatic carbocycles. The molecule has 0 fully saturated rings. The second-order valence-corrected chi connectivity index (χ2v) is 11.0. The predicted molar refractivity (Wildman–Crippen MR) is 129 cm³/mol. The number of carbonyl (C=O) groups is 1. The van der Waals surface area contributed by atoms with Crippen LogP contribution in [-0.2, 0) is 21.0 Å². The van der Waals surface area contributed by atoms with Crippen LogP contribution in [-0.4, -0.2) is 19.6 Å². The maximum atomic E-state index is 13.0. The van der Waals surface area contributed by atoms with E-state index in [4.69, 9.17) is 23.2 Å². The van der Waals surface area contributed by atoms with Crippen molar-refractivity contribution in [3.63, 3.8) is 0 Å². The fourth-order valence-electron chi connectivity index (χ4n) is 2.75. The molecule has 0 aliphatic heterocycles. The summed E-state index contributed by atoms with van der Waals surface area (Å²) in [5.41, 5.74) is -1.08. The summed E-state index contributed by atoms with van der Waals surface area (Å²) in [6.07, 6.45) is -4.73. The molecule has 3 aromatic rings. The number of halogens is 5. The van der Waals surface area contributed by atoms with Crippen LogP contribution in [0.25, 0.3) is 0 Å². The summed E-state index contributed by atoms with van der Waals surface area (Å²) >= 11 is 12.7. The Morgan fingerprint density at radius 1 is 0.941 bits per heavy atom. The Balaban J connectivity index is 1.67. The summed E-state index contributed by atoms with van der Waals surface area (Å²) < 4.78 is 66.4.